The van der Waals surface area contributed by atoms with Crippen molar-refractivity contribution in [2.75, 3.05) is 13.2 Å². The first kappa shape index (κ1) is 11.1. The van der Waals surface area contributed by atoms with E-state index in [1.54, 1.807) is 11.3 Å². The van der Waals surface area contributed by atoms with Crippen molar-refractivity contribution in [2.24, 2.45) is 0 Å². The number of rotatable bonds is 6. The molecule has 1 aromatic rings. The Morgan fingerprint density at radius 2 is 2.00 bits per heavy atom. The van der Waals surface area contributed by atoms with Crippen molar-refractivity contribution in [3.8, 4) is 0 Å². The Kier molecular flexibility index (Phi) is 5.56. The number of hydrogen-bond donors (Lipinski definition) is 0. The zero-order valence-corrected chi connectivity index (χ0v) is 9.74. The maximum absolute atomic E-state index is 5.50. The van der Waals surface area contributed by atoms with Crippen molar-refractivity contribution >= 4 is 19.7 Å². The smallest absolute Gasteiger partial charge is 0.175 e. The first-order valence-corrected chi connectivity index (χ1v) is 6.66. The minimum absolute atomic E-state index is 0.701. The molecule has 0 radical (unpaired) electrons. The molecule has 0 aromatic carbocycles. The van der Waals surface area contributed by atoms with E-state index < -0.39 is 8.38 Å². The molecule has 0 N–H and O–H groups in total. The first-order chi connectivity index (χ1) is 6.36. The minimum atomic E-state index is -0.701. The summed E-state index contributed by atoms with van der Waals surface area (Å²) in [5.74, 6) is 0. The van der Waals surface area contributed by atoms with Gasteiger partial charge in [-0.3, -0.25) is 0 Å². The highest BCUT2D eigenvalue weighted by atomic mass is 32.1. The summed E-state index contributed by atoms with van der Waals surface area (Å²) >= 11 is 1.76. The summed E-state index contributed by atoms with van der Waals surface area (Å²) < 4.78 is 11.0. The molecular weight excluding hydrogens is 203 g/mol. The monoisotopic (exact) mass is 218 g/mol. The Morgan fingerprint density at radius 3 is 2.46 bits per heavy atom. The van der Waals surface area contributed by atoms with Crippen LogP contribution >= 0.6 is 19.7 Å². The third-order valence-electron chi connectivity index (χ3n) is 1.41. The lowest BCUT2D eigenvalue weighted by atomic mass is 10.5. The van der Waals surface area contributed by atoms with Crippen LogP contribution in [-0.2, 0) is 15.2 Å². The third-order valence-corrected chi connectivity index (χ3v) is 4.19. The van der Waals surface area contributed by atoms with Gasteiger partial charge in [0.1, 0.15) is 0 Å². The van der Waals surface area contributed by atoms with Gasteiger partial charge in [-0.15, -0.1) is 11.3 Å². The molecule has 0 amide bonds. The predicted molar refractivity (Wildman–Crippen MR) is 58.2 cm³/mol. The molecule has 0 fully saturated rings. The second-order valence-electron chi connectivity index (χ2n) is 2.41. The van der Waals surface area contributed by atoms with Gasteiger partial charge in [-0.25, -0.2) is 0 Å². The van der Waals surface area contributed by atoms with E-state index in [1.807, 2.05) is 13.8 Å². The molecule has 0 saturated carbocycles. The van der Waals surface area contributed by atoms with Crippen molar-refractivity contribution in [1.82, 2.24) is 0 Å². The predicted octanol–water partition coefficient (Wildman–Crippen LogP) is 3.63. The maximum Gasteiger partial charge on any atom is 0.175 e. The first-order valence-electron chi connectivity index (χ1n) is 4.42. The molecule has 0 aliphatic carbocycles. The van der Waals surface area contributed by atoms with Crippen LogP contribution in [0, 0.1) is 0 Å². The maximum atomic E-state index is 5.50. The van der Waals surface area contributed by atoms with E-state index in [4.69, 9.17) is 9.05 Å². The molecule has 4 heteroatoms. The fourth-order valence-electron chi connectivity index (χ4n) is 0.946. The molecule has 1 aromatic heterocycles. The van der Waals surface area contributed by atoms with Crippen molar-refractivity contribution < 1.29 is 9.05 Å². The van der Waals surface area contributed by atoms with E-state index in [-0.39, 0.29) is 0 Å². The fourth-order valence-corrected chi connectivity index (χ4v) is 3.24. The minimum Gasteiger partial charge on any atom is -0.334 e. The van der Waals surface area contributed by atoms with Gasteiger partial charge in [-0.05, 0) is 25.3 Å². The second-order valence-corrected chi connectivity index (χ2v) is 4.94. The van der Waals surface area contributed by atoms with Crippen LogP contribution in [0.15, 0.2) is 17.5 Å². The van der Waals surface area contributed by atoms with Crippen LogP contribution in [0.4, 0.5) is 0 Å². The van der Waals surface area contributed by atoms with Gasteiger partial charge in [-0.2, -0.15) is 0 Å². The lowest BCUT2D eigenvalue weighted by molar-refractivity contribution is 0.269. The zero-order chi connectivity index (χ0) is 9.52. The summed E-state index contributed by atoms with van der Waals surface area (Å²) in [4.78, 5) is 1.34. The molecule has 13 heavy (non-hydrogen) atoms. The van der Waals surface area contributed by atoms with Gasteiger partial charge in [0, 0.05) is 4.88 Å². The molecule has 1 heterocycles. The summed E-state index contributed by atoms with van der Waals surface area (Å²) in [6.45, 7) is 5.47. The normalized spacial score (nSPS) is 11.0. The van der Waals surface area contributed by atoms with Crippen molar-refractivity contribution in [2.45, 2.75) is 20.0 Å². The highest BCUT2D eigenvalue weighted by molar-refractivity contribution is 7.46. The van der Waals surface area contributed by atoms with Crippen LogP contribution in [0.3, 0.4) is 0 Å². The molecule has 1 rings (SSSR count). The highest BCUT2D eigenvalue weighted by Gasteiger charge is 2.10. The lowest BCUT2D eigenvalue weighted by Gasteiger charge is -2.14. The van der Waals surface area contributed by atoms with Crippen LogP contribution in [-0.4, -0.2) is 13.2 Å². The average molecular weight is 218 g/mol. The SMILES string of the molecule is CCOP(Cc1cccs1)OCC. The summed E-state index contributed by atoms with van der Waals surface area (Å²) in [6, 6.07) is 4.18. The van der Waals surface area contributed by atoms with Gasteiger partial charge in [0.2, 0.25) is 0 Å². The molecule has 0 aliphatic heterocycles. The Hall–Kier alpha value is 0.0500. The molecule has 0 bridgehead atoms. The van der Waals surface area contributed by atoms with E-state index >= 15 is 0 Å². The molecule has 74 valence electrons. The third kappa shape index (κ3) is 4.19. The van der Waals surface area contributed by atoms with E-state index in [0.29, 0.717) is 0 Å². The van der Waals surface area contributed by atoms with Gasteiger partial charge in [0.05, 0.1) is 19.4 Å². The van der Waals surface area contributed by atoms with Crippen molar-refractivity contribution in [3.63, 3.8) is 0 Å². The van der Waals surface area contributed by atoms with E-state index in [1.165, 1.54) is 4.88 Å². The largest absolute Gasteiger partial charge is 0.334 e. The second kappa shape index (κ2) is 6.50. The van der Waals surface area contributed by atoms with Gasteiger partial charge in [0.15, 0.2) is 8.38 Å². The van der Waals surface area contributed by atoms with Crippen LogP contribution in [0.5, 0.6) is 0 Å². The van der Waals surface area contributed by atoms with Crippen molar-refractivity contribution in [1.29, 1.82) is 0 Å². The van der Waals surface area contributed by atoms with E-state index in [0.717, 1.165) is 19.4 Å². The van der Waals surface area contributed by atoms with Gasteiger partial charge >= 0.3 is 0 Å². The summed E-state index contributed by atoms with van der Waals surface area (Å²) in [6.07, 6.45) is 0.925. The molecular formula is C9H15O2PS. The van der Waals surface area contributed by atoms with E-state index in [2.05, 4.69) is 17.5 Å². The summed E-state index contributed by atoms with van der Waals surface area (Å²) in [5.41, 5.74) is 0. The van der Waals surface area contributed by atoms with Crippen molar-refractivity contribution in [3.05, 3.63) is 22.4 Å². The van der Waals surface area contributed by atoms with Crippen LogP contribution in [0.2, 0.25) is 0 Å². The number of thiophene rings is 1. The quantitative estimate of drug-likeness (QED) is 0.679. The van der Waals surface area contributed by atoms with Gasteiger partial charge in [0.25, 0.3) is 0 Å². The van der Waals surface area contributed by atoms with Gasteiger partial charge in [-0.1, -0.05) is 6.07 Å². The molecule has 0 saturated heterocycles. The van der Waals surface area contributed by atoms with Gasteiger partial charge < -0.3 is 9.05 Å². The molecule has 0 spiro atoms. The van der Waals surface area contributed by atoms with Crippen LogP contribution in [0.1, 0.15) is 18.7 Å². The molecule has 0 atom stereocenters. The molecule has 0 unspecified atom stereocenters. The topological polar surface area (TPSA) is 18.5 Å². The lowest BCUT2D eigenvalue weighted by Crippen LogP contribution is -1.92. The highest BCUT2D eigenvalue weighted by Crippen LogP contribution is 2.42. The number of hydrogen-bond acceptors (Lipinski definition) is 3. The molecule has 0 aliphatic rings. The summed E-state index contributed by atoms with van der Waals surface area (Å²) in [7, 11) is -0.701. The standard InChI is InChI=1S/C9H15O2PS/c1-3-10-12(11-4-2)8-9-6-5-7-13-9/h5-7H,3-4,8H2,1-2H3. The van der Waals surface area contributed by atoms with E-state index in [9.17, 15) is 0 Å². The Balaban J connectivity index is 2.37. The Bertz CT molecular complexity index is 207. The summed E-state index contributed by atoms with van der Waals surface area (Å²) in [5, 5.41) is 2.08. The Labute approximate surface area is 84.8 Å². The van der Waals surface area contributed by atoms with Crippen LogP contribution < -0.4 is 0 Å². The van der Waals surface area contributed by atoms with Crippen LogP contribution in [0.25, 0.3) is 0 Å². The average Bonchev–Trinajstić information content (AvgIpc) is 2.58. The zero-order valence-electron chi connectivity index (χ0n) is 8.03. The molecule has 2 nitrogen and oxygen atoms in total. The Morgan fingerprint density at radius 1 is 1.31 bits per heavy atom. The fraction of sp³-hybridized carbons (Fsp3) is 0.556.